The first-order valence-electron chi connectivity index (χ1n) is 9.78. The van der Waals surface area contributed by atoms with Crippen LogP contribution in [0.4, 0.5) is 5.13 Å². The van der Waals surface area contributed by atoms with Crippen LogP contribution in [0.1, 0.15) is 5.69 Å². The highest BCUT2D eigenvalue weighted by Gasteiger charge is 2.37. The zero-order valence-corrected chi connectivity index (χ0v) is 20.1. The van der Waals surface area contributed by atoms with Gasteiger partial charge < -0.3 is 21.3 Å². The zero-order chi connectivity index (χ0) is 23.1. The number of nitrogen functional groups attached to an aromatic ring is 1. The number of nitrogens with two attached hydrogens (primary N) is 1. The molecule has 1 fully saturated rings. The van der Waals surface area contributed by atoms with E-state index in [0.717, 1.165) is 6.54 Å². The number of tetrazole rings is 1. The van der Waals surface area contributed by atoms with Crippen molar-refractivity contribution < 1.29 is 14.4 Å². The van der Waals surface area contributed by atoms with Gasteiger partial charge in [-0.05, 0) is 24.5 Å². The highest BCUT2D eigenvalue weighted by Crippen LogP contribution is 2.30. The van der Waals surface area contributed by atoms with Crippen molar-refractivity contribution in [1.29, 1.82) is 0 Å². The normalized spacial score (nSPS) is 18.3. The minimum Gasteiger partial charge on any atom is -0.375 e. The minimum absolute atomic E-state index is 0.0427. The SMILES string of the molecule is CN(C)CCn1nnnc1SC[C@H]1CSC(=O)[C@H]1NC(=O)CNC(=O)Cc1csc(N)n1. The fourth-order valence-corrected chi connectivity index (χ4v) is 5.72. The number of rotatable bonds is 11. The van der Waals surface area contributed by atoms with Gasteiger partial charge in [0.1, 0.15) is 6.04 Å². The molecule has 2 aromatic heterocycles. The average Bonchev–Trinajstić information content (AvgIpc) is 3.45. The molecular formula is C17H25N9O3S3. The van der Waals surface area contributed by atoms with Crippen molar-refractivity contribution in [3.63, 3.8) is 0 Å². The smallest absolute Gasteiger partial charge is 0.240 e. The molecule has 0 aromatic carbocycles. The van der Waals surface area contributed by atoms with Crippen LogP contribution in [0.3, 0.4) is 0 Å². The molecule has 0 radical (unpaired) electrons. The van der Waals surface area contributed by atoms with Gasteiger partial charge in [-0.15, -0.1) is 16.4 Å². The number of anilines is 1. The van der Waals surface area contributed by atoms with E-state index in [9.17, 15) is 14.4 Å². The van der Waals surface area contributed by atoms with Crippen molar-refractivity contribution in [3.8, 4) is 0 Å². The molecule has 0 saturated carbocycles. The Hall–Kier alpha value is -2.23. The summed E-state index contributed by atoms with van der Waals surface area (Å²) in [5, 5.41) is 19.8. The van der Waals surface area contributed by atoms with Gasteiger partial charge in [-0.2, -0.15) is 0 Å². The molecule has 15 heteroatoms. The largest absolute Gasteiger partial charge is 0.375 e. The van der Waals surface area contributed by atoms with E-state index in [4.69, 9.17) is 5.73 Å². The molecule has 3 rings (SSSR count). The highest BCUT2D eigenvalue weighted by atomic mass is 32.2. The molecule has 0 aliphatic carbocycles. The number of amides is 2. The molecule has 32 heavy (non-hydrogen) atoms. The molecule has 174 valence electrons. The maximum atomic E-state index is 12.3. The van der Waals surface area contributed by atoms with E-state index in [-0.39, 0.29) is 29.9 Å². The topological polar surface area (TPSA) is 161 Å². The molecule has 2 atom stereocenters. The van der Waals surface area contributed by atoms with E-state index in [0.29, 0.717) is 34.0 Å². The molecule has 0 bridgehead atoms. The maximum Gasteiger partial charge on any atom is 0.240 e. The lowest BCUT2D eigenvalue weighted by molar-refractivity contribution is -0.127. The minimum atomic E-state index is -0.610. The monoisotopic (exact) mass is 499 g/mol. The Kier molecular flexibility index (Phi) is 8.84. The number of nitrogens with zero attached hydrogens (tertiary/aromatic N) is 6. The summed E-state index contributed by atoms with van der Waals surface area (Å²) in [6.07, 6.45) is 0.0427. The molecule has 0 spiro atoms. The van der Waals surface area contributed by atoms with Crippen LogP contribution in [0.5, 0.6) is 0 Å². The molecule has 3 heterocycles. The Bertz CT molecular complexity index is 949. The molecule has 4 N–H and O–H groups in total. The van der Waals surface area contributed by atoms with Gasteiger partial charge in [-0.25, -0.2) is 9.67 Å². The number of hydrogen-bond donors (Lipinski definition) is 3. The van der Waals surface area contributed by atoms with Crippen LogP contribution in [0.15, 0.2) is 10.5 Å². The summed E-state index contributed by atoms with van der Waals surface area (Å²) in [6, 6.07) is -0.610. The van der Waals surface area contributed by atoms with Crippen LogP contribution < -0.4 is 16.4 Å². The predicted molar refractivity (Wildman–Crippen MR) is 123 cm³/mol. The summed E-state index contributed by atoms with van der Waals surface area (Å²) < 4.78 is 1.73. The lowest BCUT2D eigenvalue weighted by Gasteiger charge is -2.18. The molecule has 0 unspecified atom stereocenters. The molecule has 12 nitrogen and oxygen atoms in total. The Labute approximate surface area is 197 Å². The van der Waals surface area contributed by atoms with Gasteiger partial charge in [0.25, 0.3) is 0 Å². The number of hydrogen-bond acceptors (Lipinski definition) is 12. The van der Waals surface area contributed by atoms with E-state index in [1.807, 2.05) is 19.0 Å². The van der Waals surface area contributed by atoms with Crippen LogP contribution in [0.2, 0.25) is 0 Å². The van der Waals surface area contributed by atoms with Gasteiger partial charge in [-0.1, -0.05) is 23.5 Å². The van der Waals surface area contributed by atoms with Crippen molar-refractivity contribution in [3.05, 3.63) is 11.1 Å². The Morgan fingerprint density at radius 3 is 2.91 bits per heavy atom. The van der Waals surface area contributed by atoms with Crippen LogP contribution >= 0.6 is 34.9 Å². The second kappa shape index (κ2) is 11.6. The number of nitrogens with one attached hydrogen (secondary N) is 2. The third kappa shape index (κ3) is 7.15. The quantitative estimate of drug-likeness (QED) is 0.329. The lowest BCUT2D eigenvalue weighted by Crippen LogP contribution is -2.47. The third-order valence-corrected chi connectivity index (χ3v) is 7.52. The van der Waals surface area contributed by atoms with E-state index in [2.05, 4.69) is 31.1 Å². The van der Waals surface area contributed by atoms with Crippen LogP contribution in [0.25, 0.3) is 0 Å². The summed E-state index contributed by atoms with van der Waals surface area (Å²) in [4.78, 5) is 42.7. The van der Waals surface area contributed by atoms with Gasteiger partial charge in [0, 0.05) is 29.3 Å². The van der Waals surface area contributed by atoms with E-state index >= 15 is 0 Å². The number of likely N-dealkylation sites (N-methyl/N-ethyl adjacent to an activating group) is 1. The third-order valence-electron chi connectivity index (χ3n) is 4.52. The average molecular weight is 500 g/mol. The fraction of sp³-hybridized carbons (Fsp3) is 0.588. The molecule has 1 aliphatic rings. The number of thiazole rings is 1. The fourth-order valence-electron chi connectivity index (χ4n) is 2.84. The highest BCUT2D eigenvalue weighted by molar-refractivity contribution is 8.14. The Morgan fingerprint density at radius 1 is 1.38 bits per heavy atom. The maximum absolute atomic E-state index is 12.3. The molecule has 1 aliphatic heterocycles. The van der Waals surface area contributed by atoms with E-state index in [1.165, 1.54) is 34.9 Å². The lowest BCUT2D eigenvalue weighted by atomic mass is 10.1. The Morgan fingerprint density at radius 2 is 2.19 bits per heavy atom. The van der Waals surface area contributed by atoms with Gasteiger partial charge >= 0.3 is 0 Å². The van der Waals surface area contributed by atoms with Crippen molar-refractivity contribution in [2.75, 3.05) is 44.4 Å². The summed E-state index contributed by atoms with van der Waals surface area (Å²) >= 11 is 3.91. The summed E-state index contributed by atoms with van der Waals surface area (Å²) in [5.74, 6) is 0.378. The van der Waals surface area contributed by atoms with Crippen molar-refractivity contribution in [2.24, 2.45) is 5.92 Å². The first-order valence-corrected chi connectivity index (χ1v) is 12.6. The molecule has 2 aromatic rings. The van der Waals surface area contributed by atoms with Gasteiger partial charge in [0.15, 0.2) is 5.13 Å². The first-order chi connectivity index (χ1) is 15.3. The van der Waals surface area contributed by atoms with Crippen molar-refractivity contribution >= 4 is 56.9 Å². The standard InChI is InChI=1S/C17H25N9O3S3/c1-25(2)3-4-26-17(22-23-24-26)32-8-10-7-30-15(29)14(10)21-13(28)6-19-12(27)5-11-9-31-16(18)20-11/h9-10,14H,3-8H2,1-2H3,(H2,18,20)(H,19,27)(H,21,28)/t10-,14+/m1/s1. The number of carbonyl (C=O) groups excluding carboxylic acids is 3. The summed E-state index contributed by atoms with van der Waals surface area (Å²) in [7, 11) is 3.95. The summed E-state index contributed by atoms with van der Waals surface area (Å²) in [6.45, 7) is 1.25. The predicted octanol–water partition coefficient (Wildman–Crippen LogP) is -0.901. The van der Waals surface area contributed by atoms with Gasteiger partial charge in [-0.3, -0.25) is 14.4 Å². The van der Waals surface area contributed by atoms with Gasteiger partial charge in [0.2, 0.25) is 22.1 Å². The summed E-state index contributed by atoms with van der Waals surface area (Å²) in [5.41, 5.74) is 6.10. The van der Waals surface area contributed by atoms with Crippen LogP contribution in [-0.4, -0.2) is 91.8 Å². The van der Waals surface area contributed by atoms with E-state index in [1.54, 1.807) is 10.1 Å². The van der Waals surface area contributed by atoms with Crippen molar-refractivity contribution in [2.45, 2.75) is 24.2 Å². The number of carbonyl (C=O) groups is 3. The van der Waals surface area contributed by atoms with Crippen LogP contribution in [-0.2, 0) is 27.3 Å². The first kappa shape index (κ1) is 24.4. The zero-order valence-electron chi connectivity index (χ0n) is 17.7. The molecular weight excluding hydrogens is 474 g/mol. The van der Waals surface area contributed by atoms with Crippen LogP contribution in [0, 0.1) is 5.92 Å². The second-order valence-corrected chi connectivity index (χ2v) is 10.3. The van der Waals surface area contributed by atoms with Gasteiger partial charge in [0.05, 0.1) is 25.2 Å². The number of thioether (sulfide) groups is 2. The molecule has 1 saturated heterocycles. The Balaban J connectivity index is 1.45. The van der Waals surface area contributed by atoms with E-state index < -0.39 is 11.9 Å². The molecule has 2 amide bonds. The second-order valence-electron chi connectivity index (χ2n) is 7.36. The van der Waals surface area contributed by atoms with Crippen molar-refractivity contribution in [1.82, 2.24) is 40.7 Å². The number of aromatic nitrogens is 5.